The van der Waals surface area contributed by atoms with Crippen molar-refractivity contribution in [3.8, 4) is 22.7 Å². The van der Waals surface area contributed by atoms with Crippen molar-refractivity contribution in [2.75, 3.05) is 6.61 Å². The molecule has 2 heterocycles. The molecule has 4 aromatic rings. The van der Waals surface area contributed by atoms with E-state index in [1.807, 2.05) is 0 Å². The third-order valence-corrected chi connectivity index (χ3v) is 5.22. The molecule has 0 bridgehead atoms. The number of rotatable bonds is 5. The van der Waals surface area contributed by atoms with E-state index in [-0.39, 0.29) is 37.6 Å². The maximum Gasteiger partial charge on any atom is 0.431 e. The Labute approximate surface area is 192 Å². The first-order valence-corrected chi connectivity index (χ1v) is 9.83. The van der Waals surface area contributed by atoms with Gasteiger partial charge in [0.05, 0.1) is 11.1 Å². The van der Waals surface area contributed by atoms with Crippen molar-refractivity contribution in [1.29, 1.82) is 0 Å². The van der Waals surface area contributed by atoms with Gasteiger partial charge in [0.1, 0.15) is 17.1 Å². The Bertz CT molecular complexity index is 1600. The zero-order valence-electron chi connectivity index (χ0n) is 18.0. The predicted octanol–water partition coefficient (Wildman–Crippen LogP) is 3.27. The van der Waals surface area contributed by atoms with Crippen LogP contribution in [0.1, 0.15) is 11.3 Å². The molecule has 9 nitrogen and oxygen atoms in total. The summed E-state index contributed by atoms with van der Waals surface area (Å²) in [7, 11) is 0.814. The molecular formula is C22H15F4N3O6. The molecule has 2 aromatic heterocycles. The van der Waals surface area contributed by atoms with Gasteiger partial charge in [-0.2, -0.15) is 13.2 Å². The van der Waals surface area contributed by atoms with Gasteiger partial charge in [-0.1, -0.05) is 11.2 Å². The second-order valence-corrected chi connectivity index (χ2v) is 7.53. The second kappa shape index (κ2) is 8.42. The largest absolute Gasteiger partial charge is 0.482 e. The van der Waals surface area contributed by atoms with Crippen LogP contribution in [-0.2, 0) is 18.0 Å². The smallest absolute Gasteiger partial charge is 0.431 e. The van der Waals surface area contributed by atoms with Crippen LogP contribution in [0.3, 0.4) is 0 Å². The highest BCUT2D eigenvalue weighted by atomic mass is 19.4. The number of alkyl halides is 3. The molecule has 0 atom stereocenters. The van der Waals surface area contributed by atoms with Crippen molar-refractivity contribution in [3.63, 3.8) is 0 Å². The molecule has 0 aliphatic rings. The average molecular weight is 493 g/mol. The first-order chi connectivity index (χ1) is 16.4. The third-order valence-electron chi connectivity index (χ3n) is 5.22. The standard InChI is InChI=1S/C22H15F4N3O6/c1-10-3-4-11(34-9-19(31)32)5-12(10)20-13-6-15(14(23)7-16(13)35-27-20)29-18(30)8-17(22(24,25)26)28(2)21(29)33/h3-8H,9H2,1-2H3,(H,31,32). The van der Waals surface area contributed by atoms with Crippen molar-refractivity contribution in [3.05, 3.63) is 74.3 Å². The van der Waals surface area contributed by atoms with Gasteiger partial charge in [-0.05, 0) is 30.7 Å². The van der Waals surface area contributed by atoms with Crippen molar-refractivity contribution >= 4 is 16.9 Å². The lowest BCUT2D eigenvalue weighted by Crippen LogP contribution is -2.41. The summed E-state index contributed by atoms with van der Waals surface area (Å²) >= 11 is 0. The summed E-state index contributed by atoms with van der Waals surface area (Å²) in [6, 6.07) is 6.74. The van der Waals surface area contributed by atoms with Gasteiger partial charge in [-0.3, -0.25) is 9.36 Å². The lowest BCUT2D eigenvalue weighted by atomic mass is 10.0. The number of hydrogen-bond acceptors (Lipinski definition) is 6. The van der Waals surface area contributed by atoms with E-state index in [2.05, 4.69) is 5.16 Å². The summed E-state index contributed by atoms with van der Waals surface area (Å²) in [6.07, 6.45) is -4.97. The Hall–Kier alpha value is -4.42. The van der Waals surface area contributed by atoms with Crippen LogP contribution < -0.4 is 16.0 Å². The molecule has 0 unspecified atom stereocenters. The maximum atomic E-state index is 14.9. The highest BCUT2D eigenvalue weighted by molar-refractivity contribution is 5.94. The number of halogens is 4. The van der Waals surface area contributed by atoms with Gasteiger partial charge in [-0.15, -0.1) is 0 Å². The molecule has 182 valence electrons. The van der Waals surface area contributed by atoms with Crippen LogP contribution in [0.5, 0.6) is 5.75 Å². The van der Waals surface area contributed by atoms with Crippen LogP contribution in [0.2, 0.25) is 0 Å². The third kappa shape index (κ3) is 4.27. The zero-order chi connectivity index (χ0) is 25.7. The minimum Gasteiger partial charge on any atom is -0.482 e. The molecule has 0 fully saturated rings. The van der Waals surface area contributed by atoms with Gasteiger partial charge < -0.3 is 14.4 Å². The molecule has 0 saturated carbocycles. The highest BCUT2D eigenvalue weighted by Crippen LogP contribution is 2.34. The number of carboxylic acids is 1. The normalized spacial score (nSPS) is 11.7. The number of nitrogens with zero attached hydrogens (tertiary/aromatic N) is 3. The van der Waals surface area contributed by atoms with E-state index >= 15 is 0 Å². The van der Waals surface area contributed by atoms with Crippen molar-refractivity contribution in [2.24, 2.45) is 7.05 Å². The monoisotopic (exact) mass is 493 g/mol. The molecule has 35 heavy (non-hydrogen) atoms. The highest BCUT2D eigenvalue weighted by Gasteiger charge is 2.35. The number of aliphatic carboxylic acids is 1. The van der Waals surface area contributed by atoms with Gasteiger partial charge in [-0.25, -0.2) is 18.5 Å². The molecule has 0 amide bonds. The van der Waals surface area contributed by atoms with Crippen LogP contribution in [0, 0.1) is 12.7 Å². The minimum atomic E-state index is -4.97. The molecule has 0 radical (unpaired) electrons. The lowest BCUT2D eigenvalue weighted by Gasteiger charge is -2.14. The summed E-state index contributed by atoms with van der Waals surface area (Å²) in [4.78, 5) is 35.8. The Morgan fingerprint density at radius 3 is 2.54 bits per heavy atom. The number of fused-ring (bicyclic) bond motifs is 1. The van der Waals surface area contributed by atoms with Gasteiger partial charge in [0, 0.05) is 24.7 Å². The van der Waals surface area contributed by atoms with Crippen LogP contribution >= 0.6 is 0 Å². The first-order valence-electron chi connectivity index (χ1n) is 9.83. The maximum absolute atomic E-state index is 14.9. The topological polar surface area (TPSA) is 117 Å². The quantitative estimate of drug-likeness (QED) is 0.424. The van der Waals surface area contributed by atoms with Crippen LogP contribution in [0.15, 0.2) is 50.5 Å². The second-order valence-electron chi connectivity index (χ2n) is 7.53. The summed E-state index contributed by atoms with van der Waals surface area (Å²) in [6.45, 7) is 1.11. The molecule has 2 aromatic carbocycles. The fourth-order valence-electron chi connectivity index (χ4n) is 3.52. The number of aromatic nitrogens is 3. The number of carbonyl (C=O) groups is 1. The van der Waals surface area contributed by atoms with Crippen molar-refractivity contribution in [1.82, 2.24) is 14.3 Å². The Kier molecular flexibility index (Phi) is 5.71. The molecule has 0 aliphatic heterocycles. The molecular weight excluding hydrogens is 478 g/mol. The number of aryl methyl sites for hydroxylation is 1. The van der Waals surface area contributed by atoms with Crippen LogP contribution in [0.4, 0.5) is 17.6 Å². The molecule has 13 heteroatoms. The number of ether oxygens (including phenoxy) is 1. The fraction of sp³-hybridized carbons (Fsp3) is 0.182. The van der Waals surface area contributed by atoms with Crippen LogP contribution in [-0.4, -0.2) is 32.0 Å². The first kappa shape index (κ1) is 23.7. The summed E-state index contributed by atoms with van der Waals surface area (Å²) in [5, 5.41) is 12.9. The molecule has 1 N–H and O–H groups in total. The van der Waals surface area contributed by atoms with E-state index in [4.69, 9.17) is 14.4 Å². The molecule has 0 spiro atoms. The lowest BCUT2D eigenvalue weighted by molar-refractivity contribution is -0.144. The van der Waals surface area contributed by atoms with E-state index in [9.17, 15) is 31.9 Å². The van der Waals surface area contributed by atoms with E-state index < -0.39 is 47.2 Å². The van der Waals surface area contributed by atoms with Crippen molar-refractivity contribution < 1.29 is 36.7 Å². The number of carboxylic acid groups (broad SMARTS) is 1. The van der Waals surface area contributed by atoms with E-state index in [1.165, 1.54) is 12.1 Å². The zero-order valence-corrected chi connectivity index (χ0v) is 18.0. The van der Waals surface area contributed by atoms with E-state index in [1.54, 1.807) is 13.0 Å². The predicted molar refractivity (Wildman–Crippen MR) is 113 cm³/mol. The molecule has 0 saturated heterocycles. The molecule has 0 aliphatic carbocycles. The minimum absolute atomic E-state index is 0.0608. The number of hydrogen-bond donors (Lipinski definition) is 1. The summed E-state index contributed by atoms with van der Waals surface area (Å²) in [5.74, 6) is -2.10. The van der Waals surface area contributed by atoms with Crippen LogP contribution in [0.25, 0.3) is 27.9 Å². The van der Waals surface area contributed by atoms with Gasteiger partial charge >= 0.3 is 17.8 Å². The van der Waals surface area contributed by atoms with Gasteiger partial charge in [0.25, 0.3) is 5.56 Å². The molecule has 4 rings (SSSR count). The number of benzene rings is 2. The van der Waals surface area contributed by atoms with E-state index in [0.717, 1.165) is 19.2 Å². The average Bonchev–Trinajstić information content (AvgIpc) is 3.17. The Morgan fingerprint density at radius 2 is 1.89 bits per heavy atom. The Balaban J connectivity index is 1.92. The fourth-order valence-corrected chi connectivity index (χ4v) is 3.52. The van der Waals surface area contributed by atoms with Gasteiger partial charge in [0.2, 0.25) is 0 Å². The van der Waals surface area contributed by atoms with Crippen molar-refractivity contribution in [2.45, 2.75) is 13.1 Å². The van der Waals surface area contributed by atoms with Gasteiger partial charge in [0.15, 0.2) is 18.0 Å². The summed E-state index contributed by atoms with van der Waals surface area (Å²) < 4.78 is 65.2. The Morgan fingerprint density at radius 1 is 1.17 bits per heavy atom. The SMILES string of the molecule is Cc1ccc(OCC(=O)O)cc1-c1noc2cc(F)c(-n3c(=O)cc(C(F)(F)F)n(C)c3=O)cc12. The van der Waals surface area contributed by atoms with E-state index in [0.29, 0.717) is 11.1 Å². The summed E-state index contributed by atoms with van der Waals surface area (Å²) in [5.41, 5.74) is -3.71.